The van der Waals surface area contributed by atoms with Crippen molar-refractivity contribution >= 4 is 17.6 Å². The van der Waals surface area contributed by atoms with Crippen LogP contribution in [0.25, 0.3) is 0 Å². The summed E-state index contributed by atoms with van der Waals surface area (Å²) in [5, 5.41) is 9.06. The second kappa shape index (κ2) is 5.09. The number of hydrogen-bond donors (Lipinski definition) is 1. The van der Waals surface area contributed by atoms with Gasteiger partial charge in [-0.25, -0.2) is 4.79 Å². The molecule has 2 aromatic rings. The lowest BCUT2D eigenvalue weighted by molar-refractivity contribution is 0.0696. The van der Waals surface area contributed by atoms with Gasteiger partial charge in [-0.05, 0) is 48.7 Å². The van der Waals surface area contributed by atoms with Gasteiger partial charge < -0.3 is 14.6 Å². The van der Waals surface area contributed by atoms with Crippen molar-refractivity contribution in [3.05, 3.63) is 53.3 Å². The van der Waals surface area contributed by atoms with Crippen molar-refractivity contribution in [1.29, 1.82) is 0 Å². The molecule has 1 amide bonds. The number of amides is 1. The predicted molar refractivity (Wildman–Crippen MR) is 78.8 cm³/mol. The molecule has 0 saturated heterocycles. The molecule has 0 fully saturated rings. The van der Waals surface area contributed by atoms with Crippen LogP contribution in [0.5, 0.6) is 0 Å². The van der Waals surface area contributed by atoms with Crippen LogP contribution in [-0.4, -0.2) is 28.1 Å². The van der Waals surface area contributed by atoms with Gasteiger partial charge in [0.25, 0.3) is 5.91 Å². The lowest BCUT2D eigenvalue weighted by Crippen LogP contribution is -2.36. The summed E-state index contributed by atoms with van der Waals surface area (Å²) in [6, 6.07) is 8.59. The van der Waals surface area contributed by atoms with Crippen LogP contribution in [0.2, 0.25) is 0 Å². The van der Waals surface area contributed by atoms with Crippen molar-refractivity contribution < 1.29 is 14.7 Å². The Bertz CT molecular complexity index is 718. The highest BCUT2D eigenvalue weighted by molar-refractivity contribution is 6.06. The SMILES string of the molecule is Cn1cccc1C(=O)N1CCCc2cc(C(=O)O)ccc21. The molecule has 0 radical (unpaired) electrons. The van der Waals surface area contributed by atoms with Gasteiger partial charge in [-0.2, -0.15) is 0 Å². The minimum Gasteiger partial charge on any atom is -0.478 e. The fraction of sp³-hybridized carbons (Fsp3) is 0.250. The number of aryl methyl sites for hydroxylation is 2. The Labute approximate surface area is 122 Å². The van der Waals surface area contributed by atoms with Crippen LogP contribution in [0.4, 0.5) is 5.69 Å². The van der Waals surface area contributed by atoms with Crippen LogP contribution in [0.3, 0.4) is 0 Å². The molecule has 0 atom stereocenters. The van der Waals surface area contributed by atoms with Crippen LogP contribution in [0, 0.1) is 0 Å². The van der Waals surface area contributed by atoms with Crippen molar-refractivity contribution in [2.45, 2.75) is 12.8 Å². The molecule has 3 rings (SSSR count). The van der Waals surface area contributed by atoms with E-state index in [4.69, 9.17) is 5.11 Å². The number of aromatic nitrogens is 1. The van der Waals surface area contributed by atoms with E-state index in [1.165, 1.54) is 0 Å². The molecule has 5 nitrogen and oxygen atoms in total. The summed E-state index contributed by atoms with van der Waals surface area (Å²) in [7, 11) is 1.84. The molecule has 21 heavy (non-hydrogen) atoms. The number of anilines is 1. The van der Waals surface area contributed by atoms with E-state index in [0.717, 1.165) is 24.1 Å². The average Bonchev–Trinajstić information content (AvgIpc) is 2.91. The fourth-order valence-corrected chi connectivity index (χ4v) is 2.76. The summed E-state index contributed by atoms with van der Waals surface area (Å²) >= 11 is 0. The second-order valence-electron chi connectivity index (χ2n) is 5.21. The zero-order valence-electron chi connectivity index (χ0n) is 11.7. The van der Waals surface area contributed by atoms with Crippen LogP contribution >= 0.6 is 0 Å². The first kappa shape index (κ1) is 13.4. The summed E-state index contributed by atoms with van der Waals surface area (Å²) in [4.78, 5) is 25.4. The molecule has 0 saturated carbocycles. The Morgan fingerprint density at radius 3 is 2.71 bits per heavy atom. The van der Waals surface area contributed by atoms with Gasteiger partial charge in [0, 0.05) is 25.5 Å². The van der Waals surface area contributed by atoms with Crippen molar-refractivity contribution in [2.75, 3.05) is 11.4 Å². The molecule has 0 unspecified atom stereocenters. The van der Waals surface area contributed by atoms with Crippen LogP contribution in [0.1, 0.15) is 32.8 Å². The van der Waals surface area contributed by atoms with Crippen molar-refractivity contribution in [1.82, 2.24) is 4.57 Å². The van der Waals surface area contributed by atoms with Gasteiger partial charge in [-0.1, -0.05) is 0 Å². The van der Waals surface area contributed by atoms with E-state index in [9.17, 15) is 9.59 Å². The maximum Gasteiger partial charge on any atom is 0.335 e. The molecule has 1 aromatic heterocycles. The summed E-state index contributed by atoms with van der Waals surface area (Å²) in [6.07, 6.45) is 3.48. The number of carbonyl (C=O) groups excluding carboxylic acids is 1. The molecule has 0 bridgehead atoms. The fourth-order valence-electron chi connectivity index (χ4n) is 2.76. The van der Waals surface area contributed by atoms with Gasteiger partial charge in [-0.3, -0.25) is 4.79 Å². The third kappa shape index (κ3) is 2.31. The molecule has 0 aliphatic carbocycles. The molecule has 5 heteroatoms. The van der Waals surface area contributed by atoms with E-state index in [1.54, 1.807) is 33.7 Å². The first-order chi connectivity index (χ1) is 10.1. The Morgan fingerprint density at radius 2 is 2.05 bits per heavy atom. The number of benzene rings is 1. The number of fused-ring (bicyclic) bond motifs is 1. The van der Waals surface area contributed by atoms with Gasteiger partial charge in [-0.15, -0.1) is 0 Å². The largest absolute Gasteiger partial charge is 0.478 e. The van der Waals surface area contributed by atoms with Gasteiger partial charge in [0.1, 0.15) is 5.69 Å². The van der Waals surface area contributed by atoms with E-state index >= 15 is 0 Å². The standard InChI is InChI=1S/C16H16N2O3/c1-17-8-3-5-14(17)15(19)18-9-2-4-11-10-12(16(20)21)6-7-13(11)18/h3,5-8,10H,2,4,9H2,1H3,(H,20,21). The lowest BCUT2D eigenvalue weighted by atomic mass is 9.99. The second-order valence-corrected chi connectivity index (χ2v) is 5.21. The first-order valence-corrected chi connectivity index (χ1v) is 6.87. The van der Waals surface area contributed by atoms with Gasteiger partial charge >= 0.3 is 5.97 Å². The van der Waals surface area contributed by atoms with E-state index < -0.39 is 5.97 Å². The predicted octanol–water partition coefficient (Wildman–Crippen LogP) is 2.32. The Kier molecular flexibility index (Phi) is 3.25. The van der Waals surface area contributed by atoms with Crippen LogP contribution in [-0.2, 0) is 13.5 Å². The molecular formula is C16H16N2O3. The van der Waals surface area contributed by atoms with Crippen molar-refractivity contribution in [2.24, 2.45) is 7.05 Å². The molecular weight excluding hydrogens is 268 g/mol. The van der Waals surface area contributed by atoms with Crippen molar-refractivity contribution in [3.8, 4) is 0 Å². The average molecular weight is 284 g/mol. The first-order valence-electron chi connectivity index (χ1n) is 6.87. The van der Waals surface area contributed by atoms with E-state index in [1.807, 2.05) is 19.3 Å². The summed E-state index contributed by atoms with van der Waals surface area (Å²) in [5.41, 5.74) is 2.63. The maximum absolute atomic E-state index is 12.7. The Balaban J connectivity index is 1.99. The summed E-state index contributed by atoms with van der Waals surface area (Å²) < 4.78 is 1.79. The van der Waals surface area contributed by atoms with Crippen molar-refractivity contribution in [3.63, 3.8) is 0 Å². The number of aromatic carboxylic acids is 1. The van der Waals surface area contributed by atoms with Gasteiger partial charge in [0.15, 0.2) is 0 Å². The Hall–Kier alpha value is -2.56. The highest BCUT2D eigenvalue weighted by Crippen LogP contribution is 2.29. The molecule has 1 aromatic carbocycles. The number of hydrogen-bond acceptors (Lipinski definition) is 2. The maximum atomic E-state index is 12.7. The zero-order chi connectivity index (χ0) is 15.0. The van der Waals surface area contributed by atoms with E-state index in [2.05, 4.69) is 0 Å². The highest BCUT2D eigenvalue weighted by atomic mass is 16.4. The molecule has 0 spiro atoms. The monoisotopic (exact) mass is 284 g/mol. The minimum absolute atomic E-state index is 0.0495. The topological polar surface area (TPSA) is 62.5 Å². The van der Waals surface area contributed by atoms with Crippen LogP contribution < -0.4 is 4.90 Å². The Morgan fingerprint density at radius 1 is 1.24 bits per heavy atom. The van der Waals surface area contributed by atoms with Gasteiger partial charge in [0.05, 0.1) is 5.56 Å². The number of rotatable bonds is 2. The van der Waals surface area contributed by atoms with Crippen LogP contribution in [0.15, 0.2) is 36.5 Å². The smallest absolute Gasteiger partial charge is 0.335 e. The molecule has 1 aliphatic heterocycles. The number of nitrogens with zero attached hydrogens (tertiary/aromatic N) is 2. The number of carboxylic acid groups (broad SMARTS) is 1. The zero-order valence-corrected chi connectivity index (χ0v) is 11.7. The minimum atomic E-state index is -0.941. The normalized spacial score (nSPS) is 13.9. The molecule has 2 heterocycles. The quantitative estimate of drug-likeness (QED) is 0.920. The lowest BCUT2D eigenvalue weighted by Gasteiger charge is -2.29. The van der Waals surface area contributed by atoms with E-state index in [0.29, 0.717) is 12.2 Å². The van der Waals surface area contributed by atoms with Gasteiger partial charge in [0.2, 0.25) is 0 Å². The molecule has 108 valence electrons. The summed E-state index contributed by atoms with van der Waals surface area (Å²) in [5.74, 6) is -0.991. The third-order valence-electron chi connectivity index (χ3n) is 3.85. The highest BCUT2D eigenvalue weighted by Gasteiger charge is 2.25. The van der Waals surface area contributed by atoms with E-state index in [-0.39, 0.29) is 11.5 Å². The third-order valence-corrected chi connectivity index (χ3v) is 3.85. The summed E-state index contributed by atoms with van der Waals surface area (Å²) in [6.45, 7) is 0.656. The number of carboxylic acids is 1. The molecule has 1 aliphatic rings. The molecule has 1 N–H and O–H groups in total. The number of carbonyl (C=O) groups is 2.